The van der Waals surface area contributed by atoms with Crippen LogP contribution in [-0.2, 0) is 0 Å². The SMILES string of the molecule is Oc1ccc2c(c1)NCN=C2. The van der Waals surface area contributed by atoms with Crippen molar-refractivity contribution in [2.75, 3.05) is 12.0 Å². The van der Waals surface area contributed by atoms with E-state index in [1.54, 1.807) is 18.3 Å². The molecule has 1 heterocycles. The number of rotatable bonds is 0. The molecule has 3 nitrogen and oxygen atoms in total. The molecule has 1 aromatic carbocycles. The molecule has 11 heavy (non-hydrogen) atoms. The number of phenols is 1. The van der Waals surface area contributed by atoms with Crippen LogP contribution < -0.4 is 5.32 Å². The molecular weight excluding hydrogens is 140 g/mol. The van der Waals surface area contributed by atoms with Crippen LogP contribution in [0.2, 0.25) is 0 Å². The average molecular weight is 148 g/mol. The number of fused-ring (bicyclic) bond motifs is 1. The number of aromatic hydroxyl groups is 1. The number of nitrogens with zero attached hydrogens (tertiary/aromatic N) is 1. The van der Waals surface area contributed by atoms with Crippen molar-refractivity contribution in [2.24, 2.45) is 4.99 Å². The summed E-state index contributed by atoms with van der Waals surface area (Å²) in [6.45, 7) is 0.594. The summed E-state index contributed by atoms with van der Waals surface area (Å²) in [6, 6.07) is 5.18. The maximum absolute atomic E-state index is 9.10. The molecule has 0 radical (unpaired) electrons. The fraction of sp³-hybridized carbons (Fsp3) is 0.125. The van der Waals surface area contributed by atoms with Gasteiger partial charge >= 0.3 is 0 Å². The monoisotopic (exact) mass is 148 g/mol. The molecule has 1 aliphatic heterocycles. The Morgan fingerprint density at radius 1 is 1.45 bits per heavy atom. The first-order chi connectivity index (χ1) is 5.36. The number of hydrogen-bond acceptors (Lipinski definition) is 3. The lowest BCUT2D eigenvalue weighted by molar-refractivity contribution is 0.475. The summed E-state index contributed by atoms with van der Waals surface area (Å²) in [6.07, 6.45) is 1.80. The molecule has 0 amide bonds. The van der Waals surface area contributed by atoms with Crippen molar-refractivity contribution in [3.63, 3.8) is 0 Å². The first-order valence-electron chi connectivity index (χ1n) is 3.43. The first kappa shape index (κ1) is 6.22. The zero-order valence-electron chi connectivity index (χ0n) is 5.91. The third-order valence-electron chi connectivity index (χ3n) is 1.63. The molecule has 0 unspecified atom stereocenters. The summed E-state index contributed by atoms with van der Waals surface area (Å²) in [5.74, 6) is 0.284. The number of nitrogens with one attached hydrogen (secondary N) is 1. The van der Waals surface area contributed by atoms with Gasteiger partial charge in [0.25, 0.3) is 0 Å². The Morgan fingerprint density at radius 3 is 3.27 bits per heavy atom. The highest BCUT2D eigenvalue weighted by Crippen LogP contribution is 2.21. The van der Waals surface area contributed by atoms with Gasteiger partial charge in [-0.15, -0.1) is 0 Å². The highest BCUT2D eigenvalue weighted by Gasteiger charge is 2.03. The van der Waals surface area contributed by atoms with Crippen LogP contribution >= 0.6 is 0 Å². The van der Waals surface area contributed by atoms with E-state index in [-0.39, 0.29) is 5.75 Å². The van der Waals surface area contributed by atoms with Gasteiger partial charge in [-0.1, -0.05) is 0 Å². The lowest BCUT2D eigenvalue weighted by atomic mass is 10.1. The molecule has 1 aliphatic rings. The van der Waals surface area contributed by atoms with Crippen LogP contribution in [0, 0.1) is 0 Å². The van der Waals surface area contributed by atoms with Gasteiger partial charge in [-0.2, -0.15) is 0 Å². The van der Waals surface area contributed by atoms with Gasteiger partial charge in [0.1, 0.15) is 12.4 Å². The summed E-state index contributed by atoms with van der Waals surface area (Å²) in [7, 11) is 0. The molecule has 0 bridgehead atoms. The van der Waals surface area contributed by atoms with E-state index in [4.69, 9.17) is 5.11 Å². The maximum atomic E-state index is 9.10. The summed E-state index contributed by atoms with van der Waals surface area (Å²) in [5.41, 5.74) is 1.97. The number of anilines is 1. The van der Waals surface area contributed by atoms with Crippen LogP contribution in [0.25, 0.3) is 0 Å². The standard InChI is InChI=1S/C8H8N2O/c11-7-2-1-6-4-9-5-10-8(6)3-7/h1-4,10-11H,5H2. The van der Waals surface area contributed by atoms with Crippen molar-refractivity contribution >= 4 is 11.9 Å². The molecule has 3 heteroatoms. The van der Waals surface area contributed by atoms with E-state index >= 15 is 0 Å². The zero-order valence-corrected chi connectivity index (χ0v) is 5.91. The summed E-state index contributed by atoms with van der Waals surface area (Å²) in [4.78, 5) is 4.03. The molecule has 1 aromatic rings. The van der Waals surface area contributed by atoms with Gasteiger partial charge in [0.05, 0.1) is 0 Å². The van der Waals surface area contributed by atoms with Crippen molar-refractivity contribution in [1.82, 2.24) is 0 Å². The van der Waals surface area contributed by atoms with E-state index < -0.39 is 0 Å². The van der Waals surface area contributed by atoms with Gasteiger partial charge in [-0.25, -0.2) is 0 Å². The fourth-order valence-corrected chi connectivity index (χ4v) is 1.08. The summed E-state index contributed by atoms with van der Waals surface area (Å²) < 4.78 is 0. The molecule has 0 aromatic heterocycles. The Labute approximate surface area is 64.4 Å². The van der Waals surface area contributed by atoms with E-state index in [1.807, 2.05) is 6.07 Å². The van der Waals surface area contributed by atoms with Crippen molar-refractivity contribution in [3.8, 4) is 5.75 Å². The molecule has 0 saturated carbocycles. The van der Waals surface area contributed by atoms with Gasteiger partial charge in [0.2, 0.25) is 0 Å². The maximum Gasteiger partial charge on any atom is 0.117 e. The van der Waals surface area contributed by atoms with Crippen LogP contribution in [0.3, 0.4) is 0 Å². The Bertz CT molecular complexity index is 307. The Hall–Kier alpha value is -1.51. The molecule has 0 atom stereocenters. The zero-order chi connectivity index (χ0) is 7.68. The van der Waals surface area contributed by atoms with E-state index in [2.05, 4.69) is 10.3 Å². The fourth-order valence-electron chi connectivity index (χ4n) is 1.08. The number of benzene rings is 1. The number of hydrogen-bond donors (Lipinski definition) is 2. The minimum Gasteiger partial charge on any atom is -0.508 e. The van der Waals surface area contributed by atoms with Gasteiger partial charge in [0.15, 0.2) is 0 Å². The second kappa shape index (κ2) is 2.27. The third kappa shape index (κ3) is 1.05. The second-order valence-corrected chi connectivity index (χ2v) is 2.42. The van der Waals surface area contributed by atoms with Crippen LogP contribution in [0.15, 0.2) is 23.2 Å². The molecular formula is C8H8N2O. The minimum absolute atomic E-state index is 0.284. The second-order valence-electron chi connectivity index (χ2n) is 2.42. The van der Waals surface area contributed by atoms with Gasteiger partial charge < -0.3 is 10.4 Å². The third-order valence-corrected chi connectivity index (χ3v) is 1.63. The molecule has 0 spiro atoms. The first-order valence-corrected chi connectivity index (χ1v) is 3.43. The molecule has 0 aliphatic carbocycles. The van der Waals surface area contributed by atoms with Crippen LogP contribution in [0.4, 0.5) is 5.69 Å². The molecule has 0 fully saturated rings. The highest BCUT2D eigenvalue weighted by atomic mass is 16.3. The summed E-state index contributed by atoms with van der Waals surface area (Å²) >= 11 is 0. The van der Waals surface area contributed by atoms with Crippen LogP contribution in [0.5, 0.6) is 5.75 Å². The average Bonchev–Trinajstić information content (AvgIpc) is 2.04. The van der Waals surface area contributed by atoms with Gasteiger partial charge in [-0.3, -0.25) is 4.99 Å². The van der Waals surface area contributed by atoms with Crippen molar-refractivity contribution < 1.29 is 5.11 Å². The van der Waals surface area contributed by atoms with Gasteiger partial charge in [0, 0.05) is 23.5 Å². The van der Waals surface area contributed by atoms with Crippen molar-refractivity contribution in [2.45, 2.75) is 0 Å². The van der Waals surface area contributed by atoms with E-state index in [0.29, 0.717) is 6.67 Å². The Kier molecular flexibility index (Phi) is 1.28. The molecule has 56 valence electrons. The van der Waals surface area contributed by atoms with Crippen molar-refractivity contribution in [3.05, 3.63) is 23.8 Å². The predicted molar refractivity (Wildman–Crippen MR) is 44.2 cm³/mol. The van der Waals surface area contributed by atoms with Crippen LogP contribution in [-0.4, -0.2) is 18.0 Å². The summed E-state index contributed by atoms with van der Waals surface area (Å²) in [5, 5.41) is 12.1. The quantitative estimate of drug-likeness (QED) is 0.580. The Morgan fingerprint density at radius 2 is 2.36 bits per heavy atom. The molecule has 2 N–H and O–H groups in total. The lowest BCUT2D eigenvalue weighted by Crippen LogP contribution is -2.06. The van der Waals surface area contributed by atoms with E-state index in [9.17, 15) is 0 Å². The molecule has 2 rings (SSSR count). The predicted octanol–water partition coefficient (Wildman–Crippen LogP) is 1.19. The smallest absolute Gasteiger partial charge is 0.117 e. The Balaban J connectivity index is 2.53. The van der Waals surface area contributed by atoms with Gasteiger partial charge in [-0.05, 0) is 12.1 Å². The highest BCUT2D eigenvalue weighted by molar-refractivity contribution is 5.89. The largest absolute Gasteiger partial charge is 0.508 e. The van der Waals surface area contributed by atoms with Crippen molar-refractivity contribution in [1.29, 1.82) is 0 Å². The minimum atomic E-state index is 0.284. The normalized spacial score (nSPS) is 13.8. The number of phenolic OH excluding ortho intramolecular Hbond substituents is 1. The van der Waals surface area contributed by atoms with Crippen LogP contribution in [0.1, 0.15) is 5.56 Å². The van der Waals surface area contributed by atoms with E-state index in [1.165, 1.54) is 0 Å². The number of aliphatic imine (C=N–C) groups is 1. The topological polar surface area (TPSA) is 44.6 Å². The van der Waals surface area contributed by atoms with E-state index in [0.717, 1.165) is 11.3 Å². The lowest BCUT2D eigenvalue weighted by Gasteiger charge is -2.11. The molecule has 0 saturated heterocycles.